The number of fused-ring (bicyclic) bond motifs is 1. The van der Waals surface area contributed by atoms with Crippen LogP contribution in [0.15, 0.2) is 48.5 Å². The second-order valence-electron chi connectivity index (χ2n) is 7.61. The number of likely N-dealkylation sites (tertiary alicyclic amines) is 1. The molecule has 7 heteroatoms. The highest BCUT2D eigenvalue weighted by atomic mass is 32.1. The molecule has 0 spiro atoms. The number of nitrogens with zero attached hydrogens (tertiary/aromatic N) is 3. The van der Waals surface area contributed by atoms with Gasteiger partial charge in [0.1, 0.15) is 11.0 Å². The second kappa shape index (κ2) is 8.69. The Balaban J connectivity index is 1.27. The summed E-state index contributed by atoms with van der Waals surface area (Å²) in [7, 11) is 0. The highest BCUT2D eigenvalue weighted by Gasteiger charge is 2.25. The van der Waals surface area contributed by atoms with Crippen LogP contribution in [0.25, 0.3) is 11.0 Å². The maximum absolute atomic E-state index is 12.8. The maximum Gasteiger partial charge on any atom is 0.253 e. The summed E-state index contributed by atoms with van der Waals surface area (Å²) in [5.74, 6) is 0.417. The smallest absolute Gasteiger partial charge is 0.253 e. The zero-order chi connectivity index (χ0) is 20.2. The number of aromatic nitrogens is 2. The Morgan fingerprint density at radius 2 is 1.83 bits per heavy atom. The minimum atomic E-state index is 0.000452. The van der Waals surface area contributed by atoms with Gasteiger partial charge in [0, 0.05) is 25.1 Å². The van der Waals surface area contributed by atoms with Crippen LogP contribution in [-0.2, 0) is 4.79 Å². The van der Waals surface area contributed by atoms with E-state index in [1.807, 2.05) is 60.4 Å². The Morgan fingerprint density at radius 3 is 2.59 bits per heavy atom. The quantitative estimate of drug-likeness (QED) is 0.697. The number of carbonyl (C=O) groups excluding carboxylic acids is 2. The summed E-state index contributed by atoms with van der Waals surface area (Å²) >= 11 is 1.15. The average Bonchev–Trinajstić information content (AvgIpc) is 3.22. The van der Waals surface area contributed by atoms with Crippen LogP contribution >= 0.6 is 11.7 Å². The average molecular weight is 409 g/mol. The molecule has 29 heavy (non-hydrogen) atoms. The van der Waals surface area contributed by atoms with E-state index in [9.17, 15) is 9.59 Å². The number of rotatable bonds is 5. The van der Waals surface area contributed by atoms with Crippen LogP contribution in [0.3, 0.4) is 0 Å². The molecule has 0 radical (unpaired) electrons. The molecule has 0 aliphatic carbocycles. The molecular weight excluding hydrogens is 384 g/mol. The third kappa shape index (κ3) is 4.62. The largest absolute Gasteiger partial charge is 0.350 e. The predicted molar refractivity (Wildman–Crippen MR) is 114 cm³/mol. The molecule has 2 heterocycles. The van der Waals surface area contributed by atoms with E-state index in [0.717, 1.165) is 41.2 Å². The van der Waals surface area contributed by atoms with Gasteiger partial charge < -0.3 is 10.2 Å². The highest BCUT2D eigenvalue weighted by Crippen LogP contribution is 2.23. The summed E-state index contributed by atoms with van der Waals surface area (Å²) in [5, 5.41) is 3.09. The lowest BCUT2D eigenvalue weighted by molar-refractivity contribution is -0.122. The van der Waals surface area contributed by atoms with Gasteiger partial charge in [-0.05, 0) is 49.4 Å². The van der Waals surface area contributed by atoms with E-state index in [4.69, 9.17) is 0 Å². The molecule has 1 aliphatic heterocycles. The minimum absolute atomic E-state index is 0.000452. The molecule has 6 nitrogen and oxygen atoms in total. The molecule has 1 fully saturated rings. The van der Waals surface area contributed by atoms with Gasteiger partial charge in [-0.25, -0.2) is 0 Å². The molecule has 0 bridgehead atoms. The van der Waals surface area contributed by atoms with Crippen LogP contribution in [0, 0.1) is 5.92 Å². The zero-order valence-electron chi connectivity index (χ0n) is 16.4. The van der Waals surface area contributed by atoms with Gasteiger partial charge in [-0.1, -0.05) is 30.3 Å². The normalized spacial score (nSPS) is 16.0. The molecule has 1 aromatic heterocycles. The number of amides is 2. The van der Waals surface area contributed by atoms with Crippen molar-refractivity contribution in [2.45, 2.75) is 32.2 Å². The van der Waals surface area contributed by atoms with Crippen LogP contribution < -0.4 is 5.32 Å². The van der Waals surface area contributed by atoms with E-state index < -0.39 is 0 Å². The van der Waals surface area contributed by atoms with Crippen LogP contribution in [0.4, 0.5) is 0 Å². The molecule has 3 aromatic rings. The monoisotopic (exact) mass is 408 g/mol. The van der Waals surface area contributed by atoms with E-state index in [1.54, 1.807) is 0 Å². The van der Waals surface area contributed by atoms with Gasteiger partial charge in [0.2, 0.25) is 5.91 Å². The molecular formula is C22H24N4O2S. The van der Waals surface area contributed by atoms with Crippen molar-refractivity contribution in [2.24, 2.45) is 5.92 Å². The van der Waals surface area contributed by atoms with Gasteiger partial charge in [-0.15, -0.1) is 0 Å². The fraction of sp³-hybridized carbons (Fsp3) is 0.364. The molecule has 2 amide bonds. The highest BCUT2D eigenvalue weighted by molar-refractivity contribution is 7.00. The molecule has 150 valence electrons. The topological polar surface area (TPSA) is 75.2 Å². The van der Waals surface area contributed by atoms with Gasteiger partial charge in [0.25, 0.3) is 5.91 Å². The van der Waals surface area contributed by atoms with Crippen molar-refractivity contribution >= 4 is 34.6 Å². The van der Waals surface area contributed by atoms with Crippen LogP contribution in [0.1, 0.15) is 48.1 Å². The molecule has 4 rings (SSSR count). The molecule has 2 aromatic carbocycles. The molecule has 1 N–H and O–H groups in total. The SMILES string of the molecule is C[C@@H](NC(=O)CC1CCN(C(=O)c2ccc3nsnc3c2)CC1)c1ccccc1. The Kier molecular flexibility index (Phi) is 5.85. The predicted octanol–water partition coefficient (Wildman–Crippen LogP) is 3.81. The number of hydrogen-bond acceptors (Lipinski definition) is 5. The summed E-state index contributed by atoms with van der Waals surface area (Å²) in [6, 6.07) is 15.4. The fourth-order valence-electron chi connectivity index (χ4n) is 3.83. The van der Waals surface area contributed by atoms with Crippen molar-refractivity contribution in [3.05, 3.63) is 59.7 Å². The summed E-state index contributed by atoms with van der Waals surface area (Å²) in [6.45, 7) is 3.36. The van der Waals surface area contributed by atoms with Crippen LogP contribution in [0.5, 0.6) is 0 Å². The first kappa shape index (κ1) is 19.5. The maximum atomic E-state index is 12.8. The van der Waals surface area contributed by atoms with Gasteiger partial charge >= 0.3 is 0 Å². The number of piperidine rings is 1. The first-order chi connectivity index (χ1) is 14.1. The Morgan fingerprint density at radius 1 is 1.10 bits per heavy atom. The summed E-state index contributed by atoms with van der Waals surface area (Å²) in [6.07, 6.45) is 2.20. The van der Waals surface area contributed by atoms with Crippen molar-refractivity contribution in [1.29, 1.82) is 0 Å². The van der Waals surface area contributed by atoms with E-state index in [1.165, 1.54) is 0 Å². The van der Waals surface area contributed by atoms with Gasteiger partial charge in [-0.2, -0.15) is 8.75 Å². The van der Waals surface area contributed by atoms with Crippen molar-refractivity contribution in [1.82, 2.24) is 19.0 Å². The van der Waals surface area contributed by atoms with E-state index in [0.29, 0.717) is 31.0 Å². The first-order valence-corrected chi connectivity index (χ1v) is 10.7. The number of benzene rings is 2. The number of carbonyl (C=O) groups is 2. The van der Waals surface area contributed by atoms with Gasteiger partial charge in [-0.3, -0.25) is 9.59 Å². The first-order valence-electron chi connectivity index (χ1n) is 9.96. The third-order valence-electron chi connectivity index (χ3n) is 5.55. The van der Waals surface area contributed by atoms with E-state index in [2.05, 4.69) is 14.1 Å². The Hall–Kier alpha value is -2.80. The van der Waals surface area contributed by atoms with Crippen molar-refractivity contribution in [2.75, 3.05) is 13.1 Å². The van der Waals surface area contributed by atoms with E-state index in [-0.39, 0.29) is 17.9 Å². The minimum Gasteiger partial charge on any atom is -0.350 e. The van der Waals surface area contributed by atoms with Crippen molar-refractivity contribution < 1.29 is 9.59 Å². The lowest BCUT2D eigenvalue weighted by Crippen LogP contribution is -2.39. The zero-order valence-corrected chi connectivity index (χ0v) is 17.2. The molecule has 1 aliphatic rings. The van der Waals surface area contributed by atoms with Crippen LogP contribution in [-0.4, -0.2) is 38.6 Å². The number of hydrogen-bond donors (Lipinski definition) is 1. The molecule has 1 saturated heterocycles. The van der Waals surface area contributed by atoms with Gasteiger partial charge in [0.05, 0.1) is 17.8 Å². The standard InChI is InChI=1S/C22H24N4O2S/c1-15(17-5-3-2-4-6-17)23-21(27)13-16-9-11-26(12-10-16)22(28)18-7-8-19-20(14-18)25-29-24-19/h2-8,14-16H,9-13H2,1H3,(H,23,27)/t15-/m1/s1. The van der Waals surface area contributed by atoms with Crippen molar-refractivity contribution in [3.8, 4) is 0 Å². The Labute approximate surface area is 174 Å². The lowest BCUT2D eigenvalue weighted by atomic mass is 9.92. The summed E-state index contributed by atoms with van der Waals surface area (Å²) in [4.78, 5) is 27.1. The van der Waals surface area contributed by atoms with Gasteiger partial charge in [0.15, 0.2) is 0 Å². The lowest BCUT2D eigenvalue weighted by Gasteiger charge is -2.32. The third-order valence-corrected chi connectivity index (χ3v) is 6.11. The van der Waals surface area contributed by atoms with Crippen molar-refractivity contribution in [3.63, 3.8) is 0 Å². The Bertz CT molecular complexity index is 996. The molecule has 1 atom stereocenters. The van der Waals surface area contributed by atoms with Crippen LogP contribution in [0.2, 0.25) is 0 Å². The summed E-state index contributed by atoms with van der Waals surface area (Å²) in [5.41, 5.74) is 3.34. The number of nitrogens with one attached hydrogen (secondary N) is 1. The van der Waals surface area contributed by atoms with E-state index >= 15 is 0 Å². The fourth-order valence-corrected chi connectivity index (χ4v) is 4.34. The molecule has 0 unspecified atom stereocenters. The molecule has 0 saturated carbocycles. The summed E-state index contributed by atoms with van der Waals surface area (Å²) < 4.78 is 8.39. The second-order valence-corrected chi connectivity index (χ2v) is 8.14.